The van der Waals surface area contributed by atoms with Crippen molar-refractivity contribution in [3.8, 4) is 5.75 Å². The Morgan fingerprint density at radius 3 is 2.44 bits per heavy atom. The number of likely N-dealkylation sites (tertiary alicyclic amines) is 1. The lowest BCUT2D eigenvalue weighted by molar-refractivity contribution is -0.136. The van der Waals surface area contributed by atoms with E-state index in [1.54, 1.807) is 29.2 Å². The molecule has 0 aliphatic carbocycles. The number of rotatable bonds is 3. The Morgan fingerprint density at radius 1 is 1.22 bits per heavy atom. The van der Waals surface area contributed by atoms with Crippen LogP contribution in [0.25, 0.3) is 0 Å². The Balaban J connectivity index is 1.81. The standard InChI is InChI=1S/C13H14ClNO3/c14-10-1-3-12(4-2-10)18-9-13(17)15-7-5-11(16)6-8-15/h1-4H,5-9H2. The summed E-state index contributed by atoms with van der Waals surface area (Å²) in [6.45, 7) is 0.999. The number of Topliss-reactive ketones (excluding diaryl/α,β-unsaturated/α-hetero) is 1. The molecule has 0 spiro atoms. The van der Waals surface area contributed by atoms with E-state index < -0.39 is 0 Å². The SMILES string of the molecule is O=C1CCN(C(=O)COc2ccc(Cl)cc2)CC1. The van der Waals surface area contributed by atoms with Gasteiger partial charge in [-0.25, -0.2) is 0 Å². The molecule has 96 valence electrons. The number of benzene rings is 1. The van der Waals surface area contributed by atoms with E-state index in [1.807, 2.05) is 0 Å². The number of carbonyl (C=O) groups excluding carboxylic acids is 2. The van der Waals surface area contributed by atoms with Gasteiger partial charge in [0.05, 0.1) is 0 Å². The van der Waals surface area contributed by atoms with Crippen molar-refractivity contribution in [2.24, 2.45) is 0 Å². The second kappa shape index (κ2) is 5.87. The smallest absolute Gasteiger partial charge is 0.260 e. The Bertz CT molecular complexity index is 434. The number of hydrogen-bond donors (Lipinski definition) is 0. The highest BCUT2D eigenvalue weighted by atomic mass is 35.5. The van der Waals surface area contributed by atoms with Gasteiger partial charge < -0.3 is 9.64 Å². The van der Waals surface area contributed by atoms with Gasteiger partial charge in [0.25, 0.3) is 5.91 Å². The minimum Gasteiger partial charge on any atom is -0.484 e. The third-order valence-electron chi connectivity index (χ3n) is 2.85. The zero-order valence-corrected chi connectivity index (χ0v) is 10.7. The number of halogens is 1. The topological polar surface area (TPSA) is 46.6 Å². The molecule has 1 saturated heterocycles. The fourth-order valence-corrected chi connectivity index (χ4v) is 1.90. The van der Waals surface area contributed by atoms with Crippen molar-refractivity contribution in [1.82, 2.24) is 4.90 Å². The molecule has 1 fully saturated rings. The van der Waals surface area contributed by atoms with Crippen molar-refractivity contribution >= 4 is 23.3 Å². The molecule has 1 amide bonds. The van der Waals surface area contributed by atoms with Crippen LogP contribution in [0.15, 0.2) is 24.3 Å². The number of carbonyl (C=O) groups is 2. The van der Waals surface area contributed by atoms with Crippen LogP contribution in [0, 0.1) is 0 Å². The van der Waals surface area contributed by atoms with E-state index in [2.05, 4.69) is 0 Å². The molecular weight excluding hydrogens is 254 g/mol. The lowest BCUT2D eigenvalue weighted by atomic mass is 10.1. The molecule has 1 aromatic rings. The first-order valence-corrected chi connectivity index (χ1v) is 6.21. The van der Waals surface area contributed by atoms with Crippen LogP contribution >= 0.6 is 11.6 Å². The number of nitrogens with zero attached hydrogens (tertiary/aromatic N) is 1. The van der Waals surface area contributed by atoms with Gasteiger partial charge in [-0.2, -0.15) is 0 Å². The lowest BCUT2D eigenvalue weighted by Crippen LogP contribution is -2.41. The molecule has 1 aliphatic heterocycles. The van der Waals surface area contributed by atoms with Crippen LogP contribution in [0.2, 0.25) is 5.02 Å². The summed E-state index contributed by atoms with van der Waals surface area (Å²) in [4.78, 5) is 24.5. The van der Waals surface area contributed by atoms with E-state index in [4.69, 9.17) is 16.3 Å². The first-order valence-electron chi connectivity index (χ1n) is 5.83. The maximum Gasteiger partial charge on any atom is 0.260 e. The predicted octanol–water partition coefficient (Wildman–Crippen LogP) is 1.91. The van der Waals surface area contributed by atoms with Gasteiger partial charge in [0.15, 0.2) is 6.61 Å². The zero-order valence-electron chi connectivity index (χ0n) is 9.89. The summed E-state index contributed by atoms with van der Waals surface area (Å²) in [6, 6.07) is 6.85. The average Bonchev–Trinajstić information content (AvgIpc) is 2.38. The van der Waals surface area contributed by atoms with Crippen molar-refractivity contribution in [3.63, 3.8) is 0 Å². The fourth-order valence-electron chi connectivity index (χ4n) is 1.77. The van der Waals surface area contributed by atoms with Crippen molar-refractivity contribution < 1.29 is 14.3 Å². The number of ketones is 1. The minimum atomic E-state index is -0.0857. The average molecular weight is 268 g/mol. The van der Waals surface area contributed by atoms with Gasteiger partial charge in [-0.3, -0.25) is 9.59 Å². The number of hydrogen-bond acceptors (Lipinski definition) is 3. The molecule has 0 unspecified atom stereocenters. The van der Waals surface area contributed by atoms with E-state index in [0.29, 0.717) is 36.7 Å². The molecule has 0 saturated carbocycles. The predicted molar refractivity (Wildman–Crippen MR) is 67.8 cm³/mol. The summed E-state index contributed by atoms with van der Waals surface area (Å²) in [7, 11) is 0. The molecule has 4 nitrogen and oxygen atoms in total. The number of ether oxygens (including phenoxy) is 1. The Morgan fingerprint density at radius 2 is 1.83 bits per heavy atom. The second-order valence-electron chi connectivity index (χ2n) is 4.16. The van der Waals surface area contributed by atoms with Crippen LogP contribution in [0.5, 0.6) is 5.75 Å². The Hall–Kier alpha value is -1.55. The molecule has 18 heavy (non-hydrogen) atoms. The quantitative estimate of drug-likeness (QED) is 0.840. The number of piperidine rings is 1. The summed E-state index contributed by atoms with van der Waals surface area (Å²) in [5.74, 6) is 0.746. The van der Waals surface area contributed by atoms with Gasteiger partial charge in [-0.1, -0.05) is 11.6 Å². The Labute approximate surface area is 110 Å². The first-order chi connectivity index (χ1) is 8.65. The molecular formula is C13H14ClNO3. The summed E-state index contributed by atoms with van der Waals surface area (Å²) < 4.78 is 5.37. The molecule has 1 aromatic carbocycles. The second-order valence-corrected chi connectivity index (χ2v) is 4.60. The molecule has 1 heterocycles. The molecule has 0 radical (unpaired) electrons. The molecule has 0 bridgehead atoms. The van der Waals surface area contributed by atoms with Gasteiger partial charge in [0.1, 0.15) is 11.5 Å². The summed E-state index contributed by atoms with van der Waals surface area (Å²) in [5.41, 5.74) is 0. The van der Waals surface area contributed by atoms with Crippen LogP contribution in [0.3, 0.4) is 0 Å². The van der Waals surface area contributed by atoms with Crippen molar-refractivity contribution in [3.05, 3.63) is 29.3 Å². The van der Waals surface area contributed by atoms with E-state index in [9.17, 15) is 9.59 Å². The molecule has 0 N–H and O–H groups in total. The third-order valence-corrected chi connectivity index (χ3v) is 3.10. The molecule has 0 atom stereocenters. The van der Waals surface area contributed by atoms with Crippen LogP contribution < -0.4 is 4.74 Å². The van der Waals surface area contributed by atoms with Gasteiger partial charge in [-0.15, -0.1) is 0 Å². The largest absolute Gasteiger partial charge is 0.484 e. The maximum absolute atomic E-state index is 11.8. The monoisotopic (exact) mass is 267 g/mol. The summed E-state index contributed by atoms with van der Waals surface area (Å²) in [5, 5.41) is 0.628. The van der Waals surface area contributed by atoms with Crippen molar-refractivity contribution in [1.29, 1.82) is 0 Å². The van der Waals surface area contributed by atoms with E-state index in [-0.39, 0.29) is 18.3 Å². The molecule has 0 aromatic heterocycles. The number of amides is 1. The van der Waals surface area contributed by atoms with Gasteiger partial charge >= 0.3 is 0 Å². The van der Waals surface area contributed by atoms with Crippen molar-refractivity contribution in [2.45, 2.75) is 12.8 Å². The van der Waals surface area contributed by atoms with Gasteiger partial charge in [-0.05, 0) is 24.3 Å². The first kappa shape index (κ1) is 12.9. The fraction of sp³-hybridized carbons (Fsp3) is 0.385. The van der Waals surface area contributed by atoms with Gasteiger partial charge in [0, 0.05) is 31.0 Å². The normalized spacial score (nSPS) is 15.6. The van der Waals surface area contributed by atoms with Gasteiger partial charge in [0.2, 0.25) is 0 Å². The van der Waals surface area contributed by atoms with Crippen LogP contribution in [-0.4, -0.2) is 36.3 Å². The molecule has 5 heteroatoms. The van der Waals surface area contributed by atoms with Crippen LogP contribution in [0.1, 0.15) is 12.8 Å². The van der Waals surface area contributed by atoms with Crippen LogP contribution in [-0.2, 0) is 9.59 Å². The molecule has 2 rings (SSSR count). The highest BCUT2D eigenvalue weighted by molar-refractivity contribution is 6.30. The lowest BCUT2D eigenvalue weighted by Gasteiger charge is -2.25. The van der Waals surface area contributed by atoms with E-state index in [1.165, 1.54) is 0 Å². The highest BCUT2D eigenvalue weighted by Gasteiger charge is 2.20. The summed E-state index contributed by atoms with van der Waals surface area (Å²) >= 11 is 5.75. The molecule has 1 aliphatic rings. The zero-order chi connectivity index (χ0) is 13.0. The maximum atomic E-state index is 11.8. The van der Waals surface area contributed by atoms with E-state index >= 15 is 0 Å². The minimum absolute atomic E-state index is 0.00414. The summed E-state index contributed by atoms with van der Waals surface area (Å²) in [6.07, 6.45) is 0.902. The van der Waals surface area contributed by atoms with E-state index in [0.717, 1.165) is 0 Å². The van der Waals surface area contributed by atoms with Crippen LogP contribution in [0.4, 0.5) is 0 Å². The van der Waals surface area contributed by atoms with Crippen molar-refractivity contribution in [2.75, 3.05) is 19.7 Å². The third kappa shape index (κ3) is 3.47. The highest BCUT2D eigenvalue weighted by Crippen LogP contribution is 2.15. The Kier molecular flexibility index (Phi) is 4.20.